The van der Waals surface area contributed by atoms with Gasteiger partial charge in [0.1, 0.15) is 38.0 Å². The maximum absolute atomic E-state index is 13.1. The summed E-state index contributed by atoms with van der Waals surface area (Å²) in [4.78, 5) is 3.14. The second kappa shape index (κ2) is 8.31. The molecule has 2 aromatic rings. The predicted octanol–water partition coefficient (Wildman–Crippen LogP) is -0.719. The van der Waals surface area contributed by atoms with Crippen molar-refractivity contribution in [3.05, 3.63) is 54.1 Å². The van der Waals surface area contributed by atoms with Crippen LogP contribution >= 0.6 is 0 Å². The van der Waals surface area contributed by atoms with Gasteiger partial charge in [-0.15, -0.1) is 5.10 Å². The second-order valence-electron chi connectivity index (χ2n) is 6.68. The van der Waals surface area contributed by atoms with Crippen LogP contribution in [0.2, 0.25) is 0 Å². The molecule has 1 aromatic carbocycles. The third-order valence-corrected chi connectivity index (χ3v) is 5.05. The number of benzene rings is 1. The number of halogens is 1. The van der Waals surface area contributed by atoms with Crippen molar-refractivity contribution in [3.8, 4) is 0 Å². The summed E-state index contributed by atoms with van der Waals surface area (Å²) in [6.45, 7) is 12.2. The average Bonchev–Trinajstić information content (AvgIpc) is 3.07. The molecular weight excluding hydrogens is 319 g/mol. The fraction of sp³-hybridized carbons (Fsp3) is 0.500. The van der Waals surface area contributed by atoms with Crippen LogP contribution in [0.15, 0.2) is 36.9 Å². The summed E-state index contributed by atoms with van der Waals surface area (Å²) in [5.74, 6) is 0.699. The smallest absolute Gasteiger partial charge is 0.209 e. The van der Waals surface area contributed by atoms with Gasteiger partial charge >= 0.3 is 0 Å². The van der Waals surface area contributed by atoms with Crippen LogP contribution in [0.5, 0.6) is 0 Å². The van der Waals surface area contributed by atoms with Gasteiger partial charge in [-0.1, -0.05) is 25.6 Å². The normalized spacial score (nSPS) is 21.8. The fourth-order valence-corrected chi connectivity index (χ4v) is 3.67. The van der Waals surface area contributed by atoms with Crippen molar-refractivity contribution in [2.75, 3.05) is 32.7 Å². The Bertz CT molecular complexity index is 675. The van der Waals surface area contributed by atoms with Gasteiger partial charge in [-0.2, -0.15) is 0 Å². The van der Waals surface area contributed by atoms with E-state index in [1.165, 1.54) is 12.1 Å². The summed E-state index contributed by atoms with van der Waals surface area (Å²) in [6, 6.07) is 6.81. The third-order valence-electron chi connectivity index (χ3n) is 5.05. The summed E-state index contributed by atoms with van der Waals surface area (Å²) < 4.78 is 15.0. The Morgan fingerprint density at radius 3 is 2.60 bits per heavy atom. The first-order valence-electron chi connectivity index (χ1n) is 9.00. The molecule has 1 fully saturated rings. The molecule has 0 bridgehead atoms. The van der Waals surface area contributed by atoms with Crippen LogP contribution in [0.3, 0.4) is 0 Å². The number of rotatable bonds is 7. The minimum Gasteiger partial charge on any atom is -0.322 e. The minimum absolute atomic E-state index is 0.225. The van der Waals surface area contributed by atoms with E-state index in [0.29, 0.717) is 12.6 Å². The van der Waals surface area contributed by atoms with Crippen LogP contribution in [0.4, 0.5) is 4.39 Å². The van der Waals surface area contributed by atoms with Gasteiger partial charge in [0.2, 0.25) is 5.82 Å². The van der Waals surface area contributed by atoms with Crippen LogP contribution in [-0.2, 0) is 6.54 Å². The van der Waals surface area contributed by atoms with Gasteiger partial charge in [0.25, 0.3) is 0 Å². The number of nitrogens with zero attached hydrogens (tertiary/aromatic N) is 4. The van der Waals surface area contributed by atoms with E-state index in [1.54, 1.807) is 21.9 Å². The number of quaternary nitrogens is 2. The molecular formula is C18H27FN6+2. The zero-order chi connectivity index (χ0) is 17.6. The molecule has 1 aliphatic rings. The molecule has 3 rings (SSSR count). The standard InChI is InChI=1S/C18H25FN6/c1-3-9-23-10-12-24(13-11-23)17(4-2)18-20-21-22-25(18)14-15-5-7-16(19)8-6-15/h3,5-8,17H,1,4,9-14H2,2H3/p+2/t17-/m1/s1. The molecule has 1 aromatic heterocycles. The van der Waals surface area contributed by atoms with Crippen molar-refractivity contribution in [1.29, 1.82) is 0 Å². The molecule has 0 amide bonds. The Morgan fingerprint density at radius 1 is 1.24 bits per heavy atom. The number of hydrogen-bond donors (Lipinski definition) is 2. The van der Waals surface area contributed by atoms with E-state index in [2.05, 4.69) is 29.0 Å². The molecule has 7 heteroatoms. The lowest BCUT2D eigenvalue weighted by molar-refractivity contribution is -1.03. The molecule has 1 aliphatic heterocycles. The number of tetrazole rings is 1. The van der Waals surface area contributed by atoms with E-state index in [4.69, 9.17) is 0 Å². The monoisotopic (exact) mass is 346 g/mol. The predicted molar refractivity (Wildman–Crippen MR) is 92.8 cm³/mol. The molecule has 0 aliphatic carbocycles. The van der Waals surface area contributed by atoms with Crippen LogP contribution < -0.4 is 9.80 Å². The van der Waals surface area contributed by atoms with Gasteiger partial charge in [0.05, 0.1) is 13.1 Å². The van der Waals surface area contributed by atoms with Gasteiger partial charge in [0, 0.05) is 6.42 Å². The van der Waals surface area contributed by atoms with Crippen molar-refractivity contribution in [2.24, 2.45) is 0 Å². The summed E-state index contributed by atoms with van der Waals surface area (Å²) in [6.07, 6.45) is 3.00. The molecule has 6 nitrogen and oxygen atoms in total. The number of aromatic nitrogens is 4. The lowest BCUT2D eigenvalue weighted by Gasteiger charge is -2.33. The van der Waals surface area contributed by atoms with E-state index in [-0.39, 0.29) is 5.82 Å². The fourth-order valence-electron chi connectivity index (χ4n) is 3.67. The molecule has 0 spiro atoms. The number of piperazine rings is 1. The highest BCUT2D eigenvalue weighted by Crippen LogP contribution is 2.12. The first-order valence-corrected chi connectivity index (χ1v) is 9.00. The van der Waals surface area contributed by atoms with Gasteiger partial charge in [-0.05, 0) is 34.2 Å². The van der Waals surface area contributed by atoms with Crippen molar-refractivity contribution >= 4 is 0 Å². The first-order chi connectivity index (χ1) is 12.2. The number of nitrogens with one attached hydrogen (secondary N) is 2. The highest BCUT2D eigenvalue weighted by Gasteiger charge is 2.32. The highest BCUT2D eigenvalue weighted by atomic mass is 19.1. The summed E-state index contributed by atoms with van der Waals surface area (Å²) >= 11 is 0. The lowest BCUT2D eigenvalue weighted by atomic mass is 10.1. The molecule has 2 N–H and O–H groups in total. The Balaban J connectivity index is 1.71. The topological polar surface area (TPSA) is 52.5 Å². The largest absolute Gasteiger partial charge is 0.322 e. The molecule has 0 radical (unpaired) electrons. The van der Waals surface area contributed by atoms with Crippen molar-refractivity contribution in [1.82, 2.24) is 20.2 Å². The van der Waals surface area contributed by atoms with Gasteiger partial charge in [-0.25, -0.2) is 9.07 Å². The van der Waals surface area contributed by atoms with Gasteiger partial charge < -0.3 is 9.80 Å². The van der Waals surface area contributed by atoms with Crippen molar-refractivity contribution in [3.63, 3.8) is 0 Å². The third kappa shape index (κ3) is 4.29. The molecule has 0 unspecified atom stereocenters. The summed E-state index contributed by atoms with van der Waals surface area (Å²) in [5, 5.41) is 12.4. The molecule has 1 atom stereocenters. The molecule has 2 heterocycles. The average molecular weight is 346 g/mol. The van der Waals surface area contributed by atoms with E-state index < -0.39 is 0 Å². The highest BCUT2D eigenvalue weighted by molar-refractivity contribution is 5.16. The lowest BCUT2D eigenvalue weighted by Crippen LogP contribution is -3.28. The summed E-state index contributed by atoms with van der Waals surface area (Å²) in [7, 11) is 0. The molecule has 134 valence electrons. The Labute approximate surface area is 147 Å². The van der Waals surface area contributed by atoms with E-state index in [0.717, 1.165) is 50.5 Å². The maximum Gasteiger partial charge on any atom is 0.209 e. The zero-order valence-electron chi connectivity index (χ0n) is 14.8. The Hall–Kier alpha value is -2.12. The van der Waals surface area contributed by atoms with Crippen LogP contribution in [0.1, 0.15) is 30.8 Å². The van der Waals surface area contributed by atoms with Crippen LogP contribution in [-0.4, -0.2) is 52.9 Å². The minimum atomic E-state index is -0.225. The van der Waals surface area contributed by atoms with Crippen molar-refractivity contribution in [2.45, 2.75) is 25.9 Å². The maximum atomic E-state index is 13.1. The van der Waals surface area contributed by atoms with Crippen molar-refractivity contribution < 1.29 is 14.2 Å². The Morgan fingerprint density at radius 2 is 1.96 bits per heavy atom. The Kier molecular flexibility index (Phi) is 5.88. The quantitative estimate of drug-likeness (QED) is 0.651. The van der Waals surface area contributed by atoms with Gasteiger partial charge in [-0.3, -0.25) is 0 Å². The van der Waals surface area contributed by atoms with Crippen LogP contribution in [0.25, 0.3) is 0 Å². The molecule has 1 saturated heterocycles. The van der Waals surface area contributed by atoms with Crippen LogP contribution in [0, 0.1) is 5.82 Å². The second-order valence-corrected chi connectivity index (χ2v) is 6.68. The van der Waals surface area contributed by atoms with E-state index in [1.807, 2.05) is 10.8 Å². The number of hydrogen-bond acceptors (Lipinski definition) is 3. The molecule has 25 heavy (non-hydrogen) atoms. The molecule has 0 saturated carbocycles. The SMILES string of the molecule is C=CC[NH+]1CC[NH+]([C@H](CC)c2nnnn2Cc2ccc(F)cc2)CC1. The van der Waals surface area contributed by atoms with Gasteiger partial charge in [0.15, 0.2) is 0 Å². The van der Waals surface area contributed by atoms with E-state index >= 15 is 0 Å². The first kappa shape index (κ1) is 17.7. The zero-order valence-corrected chi connectivity index (χ0v) is 14.8. The van der Waals surface area contributed by atoms with E-state index in [9.17, 15) is 4.39 Å². The summed E-state index contributed by atoms with van der Waals surface area (Å²) in [5.41, 5.74) is 1.00.